The summed E-state index contributed by atoms with van der Waals surface area (Å²) < 4.78 is 19.5. The molecule has 34 heavy (non-hydrogen) atoms. The lowest BCUT2D eigenvalue weighted by Gasteiger charge is -2.26. The van der Waals surface area contributed by atoms with Crippen LogP contribution in [0.15, 0.2) is 41.4 Å². The van der Waals surface area contributed by atoms with Gasteiger partial charge in [-0.2, -0.15) is 0 Å². The van der Waals surface area contributed by atoms with Crippen LogP contribution in [0.5, 0.6) is 5.88 Å². The quantitative estimate of drug-likeness (QED) is 0.379. The maximum Gasteiger partial charge on any atom is 0.220 e. The molecule has 0 bridgehead atoms. The number of hydrogen-bond acceptors (Lipinski definition) is 10. The Labute approximate surface area is 195 Å². The van der Waals surface area contributed by atoms with Crippen molar-refractivity contribution in [3.05, 3.63) is 64.7 Å². The lowest BCUT2D eigenvalue weighted by molar-refractivity contribution is -0.0160. The molecule has 0 aliphatic carbocycles. The number of nitrogen functional groups attached to an aromatic ring is 1. The van der Waals surface area contributed by atoms with Gasteiger partial charge in [0.15, 0.2) is 5.84 Å². The first kappa shape index (κ1) is 23.5. The van der Waals surface area contributed by atoms with Gasteiger partial charge in [-0.25, -0.2) is 24.8 Å². The van der Waals surface area contributed by atoms with Gasteiger partial charge in [0.25, 0.3) is 0 Å². The van der Waals surface area contributed by atoms with Crippen LogP contribution in [0.4, 0.5) is 10.3 Å². The number of aliphatic hydroxyl groups is 2. The number of ether oxygens (including phenoxy) is 1. The summed E-state index contributed by atoms with van der Waals surface area (Å²) in [7, 11) is 1.51. The molecule has 0 amide bonds. The number of pyridine rings is 1. The smallest absolute Gasteiger partial charge is 0.220 e. The van der Waals surface area contributed by atoms with Crippen LogP contribution in [-0.2, 0) is 11.3 Å². The lowest BCUT2D eigenvalue weighted by Crippen LogP contribution is -2.34. The molecular formula is C23H25FN6O4. The molecule has 178 valence electrons. The van der Waals surface area contributed by atoms with Gasteiger partial charge in [0.2, 0.25) is 11.8 Å². The third-order valence-corrected chi connectivity index (χ3v) is 5.33. The van der Waals surface area contributed by atoms with Crippen LogP contribution in [0, 0.1) is 12.7 Å². The summed E-state index contributed by atoms with van der Waals surface area (Å²) in [5, 5.41) is 18.6. The first-order valence-corrected chi connectivity index (χ1v) is 10.6. The van der Waals surface area contributed by atoms with Crippen molar-refractivity contribution in [2.75, 3.05) is 26.1 Å². The van der Waals surface area contributed by atoms with Crippen molar-refractivity contribution >= 4 is 11.8 Å². The largest absolute Gasteiger partial charge is 0.481 e. The predicted octanol–water partition coefficient (Wildman–Crippen LogP) is 1.50. The molecule has 0 radical (unpaired) electrons. The minimum atomic E-state index is -1.06. The second-order valence-electron chi connectivity index (χ2n) is 7.73. The summed E-state index contributed by atoms with van der Waals surface area (Å²) >= 11 is 0. The van der Waals surface area contributed by atoms with Gasteiger partial charge in [0.1, 0.15) is 18.5 Å². The number of halogens is 1. The highest BCUT2D eigenvalue weighted by molar-refractivity contribution is 6.01. The summed E-state index contributed by atoms with van der Waals surface area (Å²) in [6.07, 6.45) is -0.672. The van der Waals surface area contributed by atoms with Crippen LogP contribution in [0.25, 0.3) is 11.3 Å². The van der Waals surface area contributed by atoms with E-state index in [1.807, 2.05) is 0 Å². The second-order valence-corrected chi connectivity index (χ2v) is 7.73. The van der Waals surface area contributed by atoms with Crippen LogP contribution >= 0.6 is 0 Å². The Kier molecular flexibility index (Phi) is 6.96. The fourth-order valence-corrected chi connectivity index (χ4v) is 3.80. The van der Waals surface area contributed by atoms with Gasteiger partial charge >= 0.3 is 0 Å². The van der Waals surface area contributed by atoms with Gasteiger partial charge in [-0.1, -0.05) is 12.1 Å². The molecule has 0 unspecified atom stereocenters. The van der Waals surface area contributed by atoms with E-state index in [9.17, 15) is 9.50 Å². The van der Waals surface area contributed by atoms with Crippen molar-refractivity contribution in [3.8, 4) is 17.1 Å². The number of fused-ring (bicyclic) bond motifs is 1. The van der Waals surface area contributed by atoms with Gasteiger partial charge in [-0.15, -0.1) is 0 Å². The number of aliphatic hydroxyl groups excluding tert-OH is 2. The fourth-order valence-electron chi connectivity index (χ4n) is 3.80. The molecule has 4 rings (SSSR count). The molecule has 0 saturated carbocycles. The summed E-state index contributed by atoms with van der Waals surface area (Å²) in [4.78, 5) is 23.2. The number of nitrogens with zero attached hydrogens (tertiary/aromatic N) is 4. The molecule has 1 aliphatic heterocycles. The highest BCUT2D eigenvalue weighted by atomic mass is 19.1. The number of aromatic nitrogens is 3. The number of anilines is 1. The molecule has 2 atom stereocenters. The number of nitrogens with two attached hydrogens (primary N) is 1. The Balaban J connectivity index is 1.77. The Morgan fingerprint density at radius 3 is 2.82 bits per heavy atom. The summed E-state index contributed by atoms with van der Waals surface area (Å²) in [6.45, 7) is 1.17. The highest BCUT2D eigenvalue weighted by Crippen LogP contribution is 2.36. The monoisotopic (exact) mass is 468 g/mol. The predicted molar refractivity (Wildman–Crippen MR) is 123 cm³/mol. The average Bonchev–Trinajstić information content (AvgIpc) is 2.83. The fraction of sp³-hybridized carbons (Fsp3) is 0.304. The average molecular weight is 468 g/mol. The molecule has 0 spiro atoms. The molecule has 11 heteroatoms. The number of nitrogens with one attached hydrogen (secondary N) is 1. The normalized spacial score (nSPS) is 15.9. The van der Waals surface area contributed by atoms with Crippen molar-refractivity contribution in [1.82, 2.24) is 20.4 Å². The van der Waals surface area contributed by atoms with E-state index in [0.29, 0.717) is 46.3 Å². The first-order chi connectivity index (χ1) is 16.4. The van der Waals surface area contributed by atoms with Gasteiger partial charge in [-0.05, 0) is 30.7 Å². The van der Waals surface area contributed by atoms with E-state index < -0.39 is 24.6 Å². The van der Waals surface area contributed by atoms with Gasteiger partial charge in [-0.3, -0.25) is 9.83 Å². The molecule has 3 heterocycles. The number of aryl methyl sites for hydroxylation is 1. The zero-order valence-corrected chi connectivity index (χ0v) is 18.7. The topological polar surface area (TPSA) is 148 Å². The number of amidine groups is 1. The second kappa shape index (κ2) is 10.1. The minimum absolute atomic E-state index is 0.127. The van der Waals surface area contributed by atoms with Crippen LogP contribution in [0.2, 0.25) is 0 Å². The third kappa shape index (κ3) is 4.96. The zero-order chi connectivity index (χ0) is 24.2. The molecule has 5 N–H and O–H groups in total. The number of rotatable bonds is 7. The van der Waals surface area contributed by atoms with E-state index in [1.165, 1.54) is 19.2 Å². The first-order valence-electron chi connectivity index (χ1n) is 10.6. The molecule has 1 aliphatic rings. The SMILES string of the molecule is COc1cccc(-c2cc(F)ccc2[C@@H]2Cc3nc(N)nc(C)c3C(NOC[C@H](O)CO)=N2)n1. The number of methoxy groups -OCH3 is 1. The molecule has 0 saturated heterocycles. The van der Waals surface area contributed by atoms with Crippen molar-refractivity contribution in [1.29, 1.82) is 0 Å². The maximum absolute atomic E-state index is 14.3. The zero-order valence-electron chi connectivity index (χ0n) is 18.7. The van der Waals surface area contributed by atoms with Crippen molar-refractivity contribution in [2.45, 2.75) is 25.5 Å². The van der Waals surface area contributed by atoms with Crippen LogP contribution in [-0.4, -0.2) is 57.4 Å². The summed E-state index contributed by atoms with van der Waals surface area (Å²) in [5.41, 5.74) is 12.3. The van der Waals surface area contributed by atoms with E-state index in [2.05, 4.69) is 20.4 Å². The Bertz CT molecular complexity index is 1220. The summed E-state index contributed by atoms with van der Waals surface area (Å²) in [5.74, 6) is 0.453. The number of hydroxylamine groups is 1. The number of benzene rings is 1. The van der Waals surface area contributed by atoms with E-state index in [4.69, 9.17) is 25.4 Å². The number of aliphatic imine (C=N–C) groups is 1. The maximum atomic E-state index is 14.3. The van der Waals surface area contributed by atoms with Crippen molar-refractivity contribution < 1.29 is 24.2 Å². The van der Waals surface area contributed by atoms with Gasteiger partial charge in [0, 0.05) is 18.1 Å². The molecule has 2 aromatic heterocycles. The lowest BCUT2D eigenvalue weighted by atomic mass is 9.91. The Hall–Kier alpha value is -3.67. The standard InChI is InChI=1S/C23H25FN6O4/c1-12-21-19(29-23(25)26-12)9-18(28-22(21)30-34-11-14(32)10-31)15-7-6-13(24)8-16(15)17-4-3-5-20(27-17)33-2/h3-8,14,18,31-32H,9-11H2,1-2H3,(H,28,30)(H2,25,26,29)/t14-,18+/m1/s1. The van der Waals surface area contributed by atoms with Gasteiger partial charge < -0.3 is 20.7 Å². The van der Waals surface area contributed by atoms with E-state index in [-0.39, 0.29) is 12.6 Å². The highest BCUT2D eigenvalue weighted by Gasteiger charge is 2.28. The third-order valence-electron chi connectivity index (χ3n) is 5.33. The molecule has 0 fully saturated rings. The molecule has 3 aromatic rings. The molecule has 10 nitrogen and oxygen atoms in total. The van der Waals surface area contributed by atoms with Crippen LogP contribution in [0.1, 0.15) is 28.6 Å². The van der Waals surface area contributed by atoms with E-state index >= 15 is 0 Å². The minimum Gasteiger partial charge on any atom is -0.481 e. The Morgan fingerprint density at radius 1 is 1.24 bits per heavy atom. The van der Waals surface area contributed by atoms with E-state index in [0.717, 1.165) is 5.56 Å². The van der Waals surface area contributed by atoms with Crippen LogP contribution < -0.4 is 16.0 Å². The molecular weight excluding hydrogens is 443 g/mol. The molecule has 1 aromatic carbocycles. The van der Waals surface area contributed by atoms with Gasteiger partial charge in [0.05, 0.1) is 42.4 Å². The van der Waals surface area contributed by atoms with E-state index in [1.54, 1.807) is 31.2 Å². The number of hydrogen-bond donors (Lipinski definition) is 4. The summed E-state index contributed by atoms with van der Waals surface area (Å²) in [6, 6.07) is 9.22. The Morgan fingerprint density at radius 2 is 2.06 bits per heavy atom. The van der Waals surface area contributed by atoms with Crippen LogP contribution in [0.3, 0.4) is 0 Å². The van der Waals surface area contributed by atoms with Crippen molar-refractivity contribution in [3.63, 3.8) is 0 Å². The van der Waals surface area contributed by atoms with Crippen molar-refractivity contribution in [2.24, 2.45) is 4.99 Å².